The maximum absolute atomic E-state index is 11.0. The Hall–Kier alpha value is -0.940. The average molecular weight is 185 g/mol. The Labute approximate surface area is 68.6 Å². The molecule has 56 valence electrons. The fourth-order valence-electron chi connectivity index (χ4n) is 0.829. The molecule has 2 aliphatic rings. The molecule has 1 N–H and O–H groups in total. The summed E-state index contributed by atoms with van der Waals surface area (Å²) in [6.45, 7) is 0. The molecule has 0 saturated heterocycles. The van der Waals surface area contributed by atoms with Crippen LogP contribution in [0.25, 0.3) is 0 Å². The van der Waals surface area contributed by atoms with Crippen molar-refractivity contribution in [3.8, 4) is 0 Å². The highest BCUT2D eigenvalue weighted by atomic mass is 32.1. The minimum Gasteiger partial charge on any atom is -0.287 e. The van der Waals surface area contributed by atoms with Gasteiger partial charge in [-0.05, 0) is 0 Å². The van der Waals surface area contributed by atoms with Crippen molar-refractivity contribution in [2.75, 3.05) is 0 Å². The number of hydrogen-bond acceptors (Lipinski definition) is 4. The van der Waals surface area contributed by atoms with Gasteiger partial charge >= 0.3 is 0 Å². The molecule has 0 fully saturated rings. The molecule has 0 spiro atoms. The predicted octanol–water partition coefficient (Wildman–Crippen LogP) is 0.583. The molecule has 2 heterocycles. The quantitative estimate of drug-likeness (QED) is 0.652. The van der Waals surface area contributed by atoms with E-state index >= 15 is 0 Å². The van der Waals surface area contributed by atoms with E-state index in [2.05, 4.69) is 4.98 Å². The van der Waals surface area contributed by atoms with Crippen molar-refractivity contribution in [3.05, 3.63) is 40.5 Å². The first-order valence-electron chi connectivity index (χ1n) is 2.87. The normalized spacial score (nSPS) is 10.5. The van der Waals surface area contributed by atoms with Crippen LogP contribution in [-0.4, -0.2) is 4.98 Å². The van der Waals surface area contributed by atoms with E-state index in [1.165, 1.54) is 22.7 Å². The summed E-state index contributed by atoms with van der Waals surface area (Å²) in [6, 6.07) is 0. The summed E-state index contributed by atoms with van der Waals surface area (Å²) < 4.78 is 1.06. The fourth-order valence-corrected chi connectivity index (χ4v) is 2.55. The van der Waals surface area contributed by atoms with Crippen LogP contribution in [0.3, 0.4) is 0 Å². The number of rotatable bonds is 0. The van der Waals surface area contributed by atoms with Gasteiger partial charge in [-0.25, -0.2) is 0 Å². The lowest BCUT2D eigenvalue weighted by Gasteiger charge is -1.74. The van der Waals surface area contributed by atoms with Crippen molar-refractivity contribution in [2.45, 2.75) is 0 Å². The Kier molecular flexibility index (Phi) is 1.40. The van der Waals surface area contributed by atoms with Crippen LogP contribution in [0.15, 0.2) is 20.3 Å². The van der Waals surface area contributed by atoms with Gasteiger partial charge in [0.05, 0.1) is 0 Å². The maximum Gasteiger partial charge on any atom is 0.269 e. The van der Waals surface area contributed by atoms with Crippen LogP contribution in [0.4, 0.5) is 0 Å². The van der Waals surface area contributed by atoms with Crippen LogP contribution in [0.2, 0.25) is 0 Å². The molecule has 0 saturated carbocycles. The van der Waals surface area contributed by atoms with E-state index < -0.39 is 0 Å². The molecule has 2 aliphatic heterocycles. The van der Waals surface area contributed by atoms with Crippen LogP contribution >= 0.6 is 22.7 Å². The summed E-state index contributed by atoms with van der Waals surface area (Å²) >= 11 is 2.58. The summed E-state index contributed by atoms with van der Waals surface area (Å²) in [5.74, 6) is 0. The molecule has 0 amide bonds. The highest BCUT2D eigenvalue weighted by Crippen LogP contribution is 2.02. The molecule has 0 aromatic heterocycles. The van der Waals surface area contributed by atoms with E-state index in [9.17, 15) is 9.59 Å². The van der Waals surface area contributed by atoms with E-state index in [-0.39, 0.29) is 11.1 Å². The first-order valence-corrected chi connectivity index (χ1v) is 4.63. The Morgan fingerprint density at radius 2 is 1.45 bits per heavy atom. The standard InChI is InChI=1S/C6H3NO2S2/c8-5-3-4(6(9)7-5)11-2-1-10-3/h1-2H,(H,7,8,9). The number of hydrogen-bond donors (Lipinski definition) is 1. The fraction of sp³-hybridized carbons (Fsp3) is 0. The monoisotopic (exact) mass is 185 g/mol. The summed E-state index contributed by atoms with van der Waals surface area (Å²) in [5, 5.41) is 3.59. The van der Waals surface area contributed by atoms with Gasteiger partial charge in [0.2, 0.25) is 0 Å². The SMILES string of the molecule is O=c1[nH]c(=O)c2sccsc1=2. The zero-order valence-corrected chi connectivity index (χ0v) is 6.92. The Morgan fingerprint density at radius 3 is 1.91 bits per heavy atom. The molecule has 0 unspecified atom stereocenters. The lowest BCUT2D eigenvalue weighted by molar-refractivity contribution is 1.24. The lowest BCUT2D eigenvalue weighted by Crippen LogP contribution is -2.06. The van der Waals surface area contributed by atoms with Crippen LogP contribution in [-0.2, 0) is 0 Å². The Morgan fingerprint density at radius 1 is 1.00 bits per heavy atom. The van der Waals surface area contributed by atoms with Gasteiger partial charge in [-0.1, -0.05) is 0 Å². The Bertz CT molecular complexity index is 488. The van der Waals surface area contributed by atoms with Gasteiger partial charge in [-0.3, -0.25) is 14.6 Å². The van der Waals surface area contributed by atoms with Gasteiger partial charge in [0.15, 0.2) is 0 Å². The molecule has 0 aromatic rings. The van der Waals surface area contributed by atoms with Gasteiger partial charge in [0.25, 0.3) is 11.1 Å². The smallest absolute Gasteiger partial charge is 0.269 e. The highest BCUT2D eigenvalue weighted by Gasteiger charge is 1.99. The highest BCUT2D eigenvalue weighted by molar-refractivity contribution is 7.14. The van der Waals surface area contributed by atoms with Crippen LogP contribution in [0.5, 0.6) is 0 Å². The second kappa shape index (κ2) is 2.28. The molecule has 3 nitrogen and oxygen atoms in total. The van der Waals surface area contributed by atoms with E-state index in [0.29, 0.717) is 9.06 Å². The van der Waals surface area contributed by atoms with E-state index in [4.69, 9.17) is 0 Å². The van der Waals surface area contributed by atoms with Gasteiger partial charge in [0, 0.05) is 10.8 Å². The third-order valence-electron chi connectivity index (χ3n) is 1.27. The third-order valence-corrected chi connectivity index (χ3v) is 3.37. The molecular formula is C6H3NO2S2. The molecule has 0 aromatic carbocycles. The number of nitrogens with one attached hydrogen (secondary N) is 1. The number of aromatic nitrogens is 1. The molecule has 0 radical (unpaired) electrons. The maximum atomic E-state index is 11.0. The average Bonchev–Trinajstić information content (AvgIpc) is 2.30. The zero-order valence-electron chi connectivity index (χ0n) is 5.29. The second-order valence-corrected chi connectivity index (χ2v) is 3.78. The molecule has 0 bridgehead atoms. The molecule has 5 heteroatoms. The molecular weight excluding hydrogens is 182 g/mol. The number of H-pyrrole nitrogens is 1. The van der Waals surface area contributed by atoms with Gasteiger partial charge in [-0.2, -0.15) is 0 Å². The molecule has 0 atom stereocenters. The lowest BCUT2D eigenvalue weighted by atomic mass is 10.7. The van der Waals surface area contributed by atoms with Crippen molar-refractivity contribution < 1.29 is 0 Å². The van der Waals surface area contributed by atoms with Crippen molar-refractivity contribution in [1.82, 2.24) is 4.98 Å². The van der Waals surface area contributed by atoms with Gasteiger partial charge in [-0.15, -0.1) is 22.7 Å². The molecule has 11 heavy (non-hydrogen) atoms. The topological polar surface area (TPSA) is 49.9 Å². The van der Waals surface area contributed by atoms with Crippen LogP contribution in [0.1, 0.15) is 0 Å². The van der Waals surface area contributed by atoms with E-state index in [1.807, 2.05) is 0 Å². The van der Waals surface area contributed by atoms with Gasteiger partial charge < -0.3 is 0 Å². The first kappa shape index (κ1) is 6.75. The summed E-state index contributed by atoms with van der Waals surface area (Å²) in [7, 11) is 0. The van der Waals surface area contributed by atoms with Gasteiger partial charge in [0.1, 0.15) is 9.06 Å². The Balaban J connectivity index is 3.33. The van der Waals surface area contributed by atoms with E-state index in [0.717, 1.165) is 0 Å². The van der Waals surface area contributed by atoms with Crippen LogP contribution in [0, 0.1) is 9.06 Å². The van der Waals surface area contributed by atoms with Crippen LogP contribution < -0.4 is 11.1 Å². The first-order chi connectivity index (χ1) is 5.29. The third kappa shape index (κ3) is 0.928. The minimum absolute atomic E-state index is 0.271. The second-order valence-electron chi connectivity index (χ2n) is 1.95. The van der Waals surface area contributed by atoms with Crippen molar-refractivity contribution in [2.24, 2.45) is 0 Å². The van der Waals surface area contributed by atoms with Crippen molar-refractivity contribution in [3.63, 3.8) is 0 Å². The summed E-state index contributed by atoms with van der Waals surface area (Å²) in [4.78, 5) is 24.1. The van der Waals surface area contributed by atoms with E-state index in [1.54, 1.807) is 10.8 Å². The summed E-state index contributed by atoms with van der Waals surface area (Å²) in [5.41, 5.74) is -0.543. The molecule has 2 rings (SSSR count). The largest absolute Gasteiger partial charge is 0.287 e. The minimum atomic E-state index is -0.271. The zero-order chi connectivity index (χ0) is 7.84. The molecule has 0 aliphatic carbocycles. The van der Waals surface area contributed by atoms with Crippen molar-refractivity contribution in [1.29, 1.82) is 0 Å². The number of aromatic amines is 1. The van der Waals surface area contributed by atoms with Crippen molar-refractivity contribution >= 4 is 22.7 Å². The summed E-state index contributed by atoms with van der Waals surface area (Å²) in [6.07, 6.45) is 0. The predicted molar refractivity (Wildman–Crippen MR) is 44.4 cm³/mol.